The molecule has 2 aliphatic rings. The number of sulfonamides is 1. The van der Waals surface area contributed by atoms with Crippen LogP contribution in [0.3, 0.4) is 0 Å². The molecule has 33 heavy (non-hydrogen) atoms. The SMILES string of the molecule is CSCCC(NS(=O)(=O)c1ccc(C)cc1)C(=O)N1CCN(C(=O)CN2CCOCC2)CC1. The third kappa shape index (κ3) is 7.41. The maximum Gasteiger partial charge on any atom is 0.241 e. The molecule has 0 radical (unpaired) electrons. The van der Waals surface area contributed by atoms with Crippen molar-refractivity contribution in [2.24, 2.45) is 0 Å². The Morgan fingerprint density at radius 3 is 2.24 bits per heavy atom. The number of morpholine rings is 1. The number of piperazine rings is 1. The van der Waals surface area contributed by atoms with Crippen LogP contribution in [-0.2, 0) is 24.3 Å². The van der Waals surface area contributed by atoms with E-state index in [1.54, 1.807) is 45.8 Å². The van der Waals surface area contributed by atoms with Crippen LogP contribution in [0.2, 0.25) is 0 Å². The van der Waals surface area contributed by atoms with Crippen molar-refractivity contribution in [2.75, 3.05) is 71.0 Å². The lowest BCUT2D eigenvalue weighted by Crippen LogP contribution is -2.57. The summed E-state index contributed by atoms with van der Waals surface area (Å²) in [5.74, 6) is 0.480. The number of rotatable bonds is 9. The van der Waals surface area contributed by atoms with Gasteiger partial charge in [-0.1, -0.05) is 17.7 Å². The molecule has 9 nitrogen and oxygen atoms in total. The van der Waals surface area contributed by atoms with Gasteiger partial charge < -0.3 is 14.5 Å². The van der Waals surface area contributed by atoms with Crippen LogP contribution in [0.5, 0.6) is 0 Å². The third-order valence-corrected chi connectivity index (χ3v) is 8.08. The summed E-state index contributed by atoms with van der Waals surface area (Å²) in [6.45, 7) is 6.75. The fourth-order valence-electron chi connectivity index (χ4n) is 3.89. The van der Waals surface area contributed by atoms with Gasteiger partial charge in [-0.05, 0) is 37.5 Å². The standard InChI is InChI=1S/C22H34N4O5S2/c1-18-3-5-19(6-4-18)33(29,30)23-20(7-16-32-2)22(28)26-10-8-25(9-11-26)21(27)17-24-12-14-31-15-13-24/h3-6,20,23H,7-17H2,1-2H3. The van der Waals surface area contributed by atoms with E-state index in [4.69, 9.17) is 4.74 Å². The molecular weight excluding hydrogens is 464 g/mol. The normalized spacial score (nSPS) is 18.8. The van der Waals surface area contributed by atoms with Gasteiger partial charge in [-0.25, -0.2) is 8.42 Å². The van der Waals surface area contributed by atoms with Crippen LogP contribution >= 0.6 is 11.8 Å². The number of carbonyl (C=O) groups is 2. The highest BCUT2D eigenvalue weighted by atomic mass is 32.2. The molecule has 184 valence electrons. The number of nitrogens with zero attached hydrogens (tertiary/aromatic N) is 3. The Morgan fingerprint density at radius 1 is 1.03 bits per heavy atom. The van der Waals surface area contributed by atoms with E-state index in [0.29, 0.717) is 58.1 Å². The number of ether oxygens (including phenoxy) is 1. The zero-order chi connectivity index (χ0) is 23.8. The lowest BCUT2D eigenvalue weighted by Gasteiger charge is -2.37. The highest BCUT2D eigenvalue weighted by Crippen LogP contribution is 2.15. The van der Waals surface area contributed by atoms with E-state index in [1.165, 1.54) is 0 Å². The van der Waals surface area contributed by atoms with Crippen molar-refractivity contribution in [3.05, 3.63) is 29.8 Å². The van der Waals surface area contributed by atoms with Crippen molar-refractivity contribution in [3.8, 4) is 0 Å². The van der Waals surface area contributed by atoms with Gasteiger partial charge in [-0.3, -0.25) is 14.5 Å². The van der Waals surface area contributed by atoms with Crippen molar-refractivity contribution in [2.45, 2.75) is 24.3 Å². The predicted molar refractivity (Wildman–Crippen MR) is 129 cm³/mol. The molecule has 0 spiro atoms. The predicted octanol–water partition coefficient (Wildman–Crippen LogP) is 0.398. The Kier molecular flexibility index (Phi) is 9.57. The molecular formula is C22H34N4O5S2. The zero-order valence-electron chi connectivity index (χ0n) is 19.4. The number of aryl methyl sites for hydroxylation is 1. The fourth-order valence-corrected chi connectivity index (χ4v) is 5.58. The van der Waals surface area contributed by atoms with E-state index >= 15 is 0 Å². The molecule has 0 saturated carbocycles. The topological polar surface area (TPSA) is 99.3 Å². The first-order valence-electron chi connectivity index (χ1n) is 11.2. The van der Waals surface area contributed by atoms with Crippen molar-refractivity contribution in [1.29, 1.82) is 0 Å². The first-order valence-corrected chi connectivity index (χ1v) is 14.1. The van der Waals surface area contributed by atoms with Crippen LogP contribution in [0.1, 0.15) is 12.0 Å². The monoisotopic (exact) mass is 498 g/mol. The number of benzene rings is 1. The van der Waals surface area contributed by atoms with Gasteiger partial charge in [0.15, 0.2) is 0 Å². The Hall–Kier alpha value is -1.66. The Labute approximate surface area is 200 Å². The Balaban J connectivity index is 1.58. The van der Waals surface area contributed by atoms with Crippen LogP contribution < -0.4 is 4.72 Å². The van der Waals surface area contributed by atoms with Gasteiger partial charge in [0.2, 0.25) is 21.8 Å². The largest absolute Gasteiger partial charge is 0.379 e. The average Bonchev–Trinajstić information content (AvgIpc) is 2.82. The zero-order valence-corrected chi connectivity index (χ0v) is 21.0. The first-order chi connectivity index (χ1) is 15.8. The van der Waals surface area contributed by atoms with Gasteiger partial charge in [0, 0.05) is 39.3 Å². The summed E-state index contributed by atoms with van der Waals surface area (Å²) in [6.07, 6.45) is 2.33. The Morgan fingerprint density at radius 2 is 1.64 bits per heavy atom. The van der Waals surface area contributed by atoms with E-state index in [0.717, 1.165) is 18.7 Å². The van der Waals surface area contributed by atoms with Crippen molar-refractivity contribution >= 4 is 33.6 Å². The maximum atomic E-state index is 13.2. The van der Waals surface area contributed by atoms with E-state index in [1.807, 2.05) is 13.2 Å². The van der Waals surface area contributed by atoms with Crippen molar-refractivity contribution in [1.82, 2.24) is 19.4 Å². The molecule has 0 aliphatic carbocycles. The highest BCUT2D eigenvalue weighted by molar-refractivity contribution is 7.98. The van der Waals surface area contributed by atoms with Crippen LogP contribution in [-0.4, -0.2) is 112 Å². The molecule has 11 heteroatoms. The number of amides is 2. The second kappa shape index (κ2) is 12.2. The summed E-state index contributed by atoms with van der Waals surface area (Å²) in [4.78, 5) is 31.5. The third-order valence-electron chi connectivity index (χ3n) is 5.94. The minimum Gasteiger partial charge on any atom is -0.379 e. The quantitative estimate of drug-likeness (QED) is 0.526. The van der Waals surface area contributed by atoms with Crippen LogP contribution in [0.4, 0.5) is 0 Å². The molecule has 0 bridgehead atoms. The lowest BCUT2D eigenvalue weighted by atomic mass is 10.2. The maximum absolute atomic E-state index is 13.2. The van der Waals surface area contributed by atoms with Gasteiger partial charge in [0.25, 0.3) is 0 Å². The highest BCUT2D eigenvalue weighted by Gasteiger charge is 2.32. The summed E-state index contributed by atoms with van der Waals surface area (Å²) >= 11 is 1.57. The average molecular weight is 499 g/mol. The number of thioether (sulfide) groups is 1. The minimum absolute atomic E-state index is 0.0583. The van der Waals surface area contributed by atoms with E-state index < -0.39 is 16.1 Å². The van der Waals surface area contributed by atoms with Gasteiger partial charge in [-0.2, -0.15) is 16.5 Å². The summed E-state index contributed by atoms with van der Waals surface area (Å²) < 4.78 is 33.7. The molecule has 2 aliphatic heterocycles. The molecule has 2 saturated heterocycles. The first kappa shape index (κ1) is 26.0. The van der Waals surface area contributed by atoms with E-state index in [-0.39, 0.29) is 16.7 Å². The fraction of sp³-hybridized carbons (Fsp3) is 0.636. The van der Waals surface area contributed by atoms with Crippen LogP contribution in [0.25, 0.3) is 0 Å². The van der Waals surface area contributed by atoms with Crippen LogP contribution in [0, 0.1) is 6.92 Å². The van der Waals surface area contributed by atoms with Gasteiger partial charge in [0.1, 0.15) is 6.04 Å². The number of hydrogen-bond acceptors (Lipinski definition) is 7. The summed E-state index contributed by atoms with van der Waals surface area (Å²) in [5.41, 5.74) is 0.963. The number of hydrogen-bond donors (Lipinski definition) is 1. The van der Waals surface area contributed by atoms with E-state index in [9.17, 15) is 18.0 Å². The molecule has 1 unspecified atom stereocenters. The van der Waals surface area contributed by atoms with Gasteiger partial charge >= 0.3 is 0 Å². The smallest absolute Gasteiger partial charge is 0.241 e. The second-order valence-electron chi connectivity index (χ2n) is 8.36. The van der Waals surface area contributed by atoms with Crippen molar-refractivity contribution in [3.63, 3.8) is 0 Å². The molecule has 1 aromatic rings. The molecule has 0 aromatic heterocycles. The molecule has 1 N–H and O–H groups in total. The summed E-state index contributed by atoms with van der Waals surface area (Å²) in [7, 11) is -3.82. The molecule has 1 aromatic carbocycles. The van der Waals surface area contributed by atoms with Gasteiger partial charge in [-0.15, -0.1) is 0 Å². The molecule has 3 rings (SSSR count). The minimum atomic E-state index is -3.82. The molecule has 2 amide bonds. The van der Waals surface area contributed by atoms with Crippen LogP contribution in [0.15, 0.2) is 29.2 Å². The lowest BCUT2D eigenvalue weighted by molar-refractivity contribution is -0.141. The van der Waals surface area contributed by atoms with Gasteiger partial charge in [0.05, 0.1) is 24.7 Å². The molecule has 2 heterocycles. The second-order valence-corrected chi connectivity index (χ2v) is 11.1. The van der Waals surface area contributed by atoms with E-state index in [2.05, 4.69) is 9.62 Å². The number of carbonyl (C=O) groups excluding carboxylic acids is 2. The summed E-state index contributed by atoms with van der Waals surface area (Å²) in [6, 6.07) is 5.74. The van der Waals surface area contributed by atoms with Crippen molar-refractivity contribution < 1.29 is 22.7 Å². The Bertz CT molecular complexity index is 896. The summed E-state index contributed by atoms with van der Waals surface area (Å²) in [5, 5.41) is 0. The number of nitrogens with one attached hydrogen (secondary N) is 1. The molecule has 2 fully saturated rings. The molecule has 1 atom stereocenters.